The van der Waals surface area contributed by atoms with Crippen molar-refractivity contribution in [3.05, 3.63) is 23.8 Å². The van der Waals surface area contributed by atoms with E-state index in [4.69, 9.17) is 18.9 Å². The van der Waals surface area contributed by atoms with E-state index >= 15 is 0 Å². The molecule has 140 valence electrons. The van der Waals surface area contributed by atoms with Crippen LogP contribution in [-0.2, 0) is 14.3 Å². The quantitative estimate of drug-likeness (QED) is 0.574. The minimum absolute atomic E-state index is 0.0681. The van der Waals surface area contributed by atoms with Gasteiger partial charge < -0.3 is 24.3 Å². The third-order valence-electron chi connectivity index (χ3n) is 3.66. The van der Waals surface area contributed by atoms with E-state index in [9.17, 15) is 4.79 Å². The second kappa shape index (κ2) is 9.56. The van der Waals surface area contributed by atoms with Gasteiger partial charge in [-0.1, -0.05) is 17.8 Å². The van der Waals surface area contributed by atoms with Gasteiger partial charge in [-0.2, -0.15) is 5.10 Å². The summed E-state index contributed by atoms with van der Waals surface area (Å²) in [5.74, 6) is 1.49. The van der Waals surface area contributed by atoms with E-state index in [1.54, 1.807) is 13.3 Å². The number of carbonyl (C=O) groups is 1. The average molecular weight is 379 g/mol. The SMILES string of the molecule is COc1cccc(C=NN=C2NC(=O)CS2)c1OCCC1OCCCO1. The zero-order valence-electron chi connectivity index (χ0n) is 14.5. The molecule has 2 aliphatic rings. The molecule has 2 aliphatic heterocycles. The summed E-state index contributed by atoms with van der Waals surface area (Å²) in [6.45, 7) is 1.85. The zero-order valence-corrected chi connectivity index (χ0v) is 15.3. The molecule has 0 unspecified atom stereocenters. The lowest BCUT2D eigenvalue weighted by molar-refractivity contribution is -0.183. The molecule has 2 saturated heterocycles. The Bertz CT molecular complexity index is 689. The van der Waals surface area contributed by atoms with Crippen molar-refractivity contribution in [1.29, 1.82) is 0 Å². The smallest absolute Gasteiger partial charge is 0.236 e. The summed E-state index contributed by atoms with van der Waals surface area (Å²) >= 11 is 1.32. The van der Waals surface area contributed by atoms with Crippen LogP contribution in [0.15, 0.2) is 28.4 Å². The fourth-order valence-corrected chi connectivity index (χ4v) is 3.06. The Morgan fingerprint density at radius 1 is 1.38 bits per heavy atom. The number of ether oxygens (including phenoxy) is 4. The summed E-state index contributed by atoms with van der Waals surface area (Å²) < 4.78 is 22.3. The molecule has 1 N–H and O–H groups in total. The fourth-order valence-electron chi connectivity index (χ4n) is 2.43. The fraction of sp³-hybridized carbons (Fsp3) is 0.471. The predicted molar refractivity (Wildman–Crippen MR) is 99.0 cm³/mol. The lowest BCUT2D eigenvalue weighted by Gasteiger charge is -2.23. The van der Waals surface area contributed by atoms with Crippen LogP contribution in [0, 0.1) is 0 Å². The summed E-state index contributed by atoms with van der Waals surface area (Å²) in [6, 6.07) is 5.52. The van der Waals surface area contributed by atoms with E-state index in [1.807, 2.05) is 18.2 Å². The first-order chi connectivity index (χ1) is 12.8. The number of carbonyl (C=O) groups excluding carboxylic acids is 1. The third-order valence-corrected chi connectivity index (χ3v) is 4.52. The molecule has 26 heavy (non-hydrogen) atoms. The Kier molecular flexibility index (Phi) is 6.87. The van der Waals surface area contributed by atoms with E-state index in [0.717, 1.165) is 12.0 Å². The molecular weight excluding hydrogens is 358 g/mol. The van der Waals surface area contributed by atoms with Gasteiger partial charge in [-0.3, -0.25) is 4.79 Å². The van der Waals surface area contributed by atoms with Crippen LogP contribution in [0.3, 0.4) is 0 Å². The molecule has 0 saturated carbocycles. The van der Waals surface area contributed by atoms with Crippen LogP contribution in [0.5, 0.6) is 11.5 Å². The lowest BCUT2D eigenvalue weighted by atomic mass is 10.2. The molecule has 1 aromatic rings. The second-order valence-electron chi connectivity index (χ2n) is 5.53. The summed E-state index contributed by atoms with van der Waals surface area (Å²) in [5, 5.41) is 11.1. The van der Waals surface area contributed by atoms with Crippen LogP contribution in [0.2, 0.25) is 0 Å². The maximum absolute atomic E-state index is 11.2. The summed E-state index contributed by atoms with van der Waals surface area (Å²) in [4.78, 5) is 11.2. The van der Waals surface area contributed by atoms with Gasteiger partial charge in [0.15, 0.2) is 23.0 Å². The third kappa shape index (κ3) is 5.20. The van der Waals surface area contributed by atoms with Crippen LogP contribution in [0.25, 0.3) is 0 Å². The molecule has 0 aliphatic carbocycles. The minimum Gasteiger partial charge on any atom is -0.493 e. The number of hydrogen-bond donors (Lipinski definition) is 1. The largest absolute Gasteiger partial charge is 0.493 e. The number of benzene rings is 1. The highest BCUT2D eigenvalue weighted by Crippen LogP contribution is 2.30. The molecule has 0 aromatic heterocycles. The highest BCUT2D eigenvalue weighted by molar-refractivity contribution is 8.15. The summed E-state index contributed by atoms with van der Waals surface area (Å²) in [5.41, 5.74) is 0.730. The number of nitrogens with one attached hydrogen (secondary N) is 1. The number of hydrogen-bond acceptors (Lipinski definition) is 8. The van der Waals surface area contributed by atoms with Crippen molar-refractivity contribution in [1.82, 2.24) is 5.32 Å². The minimum atomic E-state index is -0.232. The van der Waals surface area contributed by atoms with Crippen LogP contribution in [-0.4, -0.2) is 56.3 Å². The van der Waals surface area contributed by atoms with Gasteiger partial charge in [-0.05, 0) is 18.6 Å². The molecule has 0 radical (unpaired) electrons. The Hall–Kier alpha value is -2.10. The maximum atomic E-state index is 11.2. The van der Waals surface area contributed by atoms with Crippen LogP contribution < -0.4 is 14.8 Å². The summed E-state index contributed by atoms with van der Waals surface area (Å²) in [7, 11) is 1.58. The van der Waals surface area contributed by atoms with E-state index in [0.29, 0.717) is 48.7 Å². The predicted octanol–water partition coefficient (Wildman–Crippen LogP) is 1.78. The van der Waals surface area contributed by atoms with Crippen LogP contribution in [0.4, 0.5) is 0 Å². The van der Waals surface area contributed by atoms with E-state index < -0.39 is 0 Å². The molecule has 1 aromatic carbocycles. The second-order valence-corrected chi connectivity index (χ2v) is 6.49. The number of para-hydroxylation sites is 1. The van der Waals surface area contributed by atoms with Crippen LogP contribution in [0.1, 0.15) is 18.4 Å². The van der Waals surface area contributed by atoms with Crippen LogP contribution >= 0.6 is 11.8 Å². The first kappa shape index (κ1) is 18.7. The number of amides is 1. The van der Waals surface area contributed by atoms with Crippen molar-refractivity contribution in [2.24, 2.45) is 10.2 Å². The molecular formula is C17H21N3O5S. The monoisotopic (exact) mass is 379 g/mol. The average Bonchev–Trinajstić information content (AvgIpc) is 3.08. The molecule has 1 amide bonds. The van der Waals surface area contributed by atoms with E-state index in [2.05, 4.69) is 15.5 Å². The van der Waals surface area contributed by atoms with Gasteiger partial charge >= 0.3 is 0 Å². The Morgan fingerprint density at radius 3 is 2.96 bits per heavy atom. The highest BCUT2D eigenvalue weighted by Gasteiger charge is 2.17. The standard InChI is InChI=1S/C17H21N3O5S/c1-22-13-5-2-4-12(10-18-20-17-19-14(21)11-26-17)16(13)25-9-6-15-23-7-3-8-24-15/h2,4-5,10,15H,3,6-9,11H2,1H3,(H,19,20,21). The molecule has 0 atom stereocenters. The number of nitrogens with zero attached hydrogens (tertiary/aromatic N) is 2. The van der Waals surface area contributed by atoms with E-state index in [-0.39, 0.29) is 12.2 Å². The van der Waals surface area contributed by atoms with Crippen molar-refractivity contribution in [2.45, 2.75) is 19.1 Å². The number of rotatable bonds is 7. The van der Waals surface area contributed by atoms with Gasteiger partial charge in [0.2, 0.25) is 5.91 Å². The Labute approximate surface area is 155 Å². The topological polar surface area (TPSA) is 90.7 Å². The van der Waals surface area contributed by atoms with Gasteiger partial charge in [0, 0.05) is 12.0 Å². The molecule has 0 spiro atoms. The van der Waals surface area contributed by atoms with Crippen molar-refractivity contribution >= 4 is 29.1 Å². The maximum Gasteiger partial charge on any atom is 0.236 e. The van der Waals surface area contributed by atoms with Crippen molar-refractivity contribution in [3.63, 3.8) is 0 Å². The first-order valence-corrected chi connectivity index (χ1v) is 9.31. The van der Waals surface area contributed by atoms with Crippen molar-refractivity contribution in [2.75, 3.05) is 32.7 Å². The highest BCUT2D eigenvalue weighted by atomic mass is 32.2. The molecule has 2 heterocycles. The molecule has 2 fully saturated rings. The molecule has 9 heteroatoms. The van der Waals surface area contributed by atoms with Crippen molar-refractivity contribution < 1.29 is 23.7 Å². The van der Waals surface area contributed by atoms with Gasteiger partial charge in [-0.15, -0.1) is 5.10 Å². The van der Waals surface area contributed by atoms with Gasteiger partial charge in [0.25, 0.3) is 0 Å². The Morgan fingerprint density at radius 2 is 2.23 bits per heavy atom. The van der Waals surface area contributed by atoms with Crippen molar-refractivity contribution in [3.8, 4) is 11.5 Å². The lowest BCUT2D eigenvalue weighted by Crippen LogP contribution is -2.26. The van der Waals surface area contributed by atoms with E-state index in [1.165, 1.54) is 11.8 Å². The van der Waals surface area contributed by atoms with Gasteiger partial charge in [0.05, 0.1) is 38.9 Å². The normalized spacial score (nSPS) is 19.9. The summed E-state index contributed by atoms with van der Waals surface area (Å²) in [6.07, 6.45) is 2.89. The Balaban J connectivity index is 1.64. The number of amidine groups is 1. The molecule has 0 bridgehead atoms. The first-order valence-electron chi connectivity index (χ1n) is 8.33. The number of thioether (sulfide) groups is 1. The molecule has 8 nitrogen and oxygen atoms in total. The van der Waals surface area contributed by atoms with Gasteiger partial charge in [0.1, 0.15) is 0 Å². The zero-order chi connectivity index (χ0) is 18.2. The molecule has 3 rings (SSSR count). The number of methoxy groups -OCH3 is 1. The van der Waals surface area contributed by atoms with Gasteiger partial charge in [-0.25, -0.2) is 0 Å².